The highest BCUT2D eigenvalue weighted by Gasteiger charge is 2.48. The highest BCUT2D eigenvalue weighted by molar-refractivity contribution is 7.14. The van der Waals surface area contributed by atoms with Crippen molar-refractivity contribution >= 4 is 33.9 Å². The minimum absolute atomic E-state index is 0.0519. The Morgan fingerprint density at radius 1 is 1.08 bits per heavy atom. The summed E-state index contributed by atoms with van der Waals surface area (Å²) < 4.78 is 23.0. The van der Waals surface area contributed by atoms with Crippen molar-refractivity contribution < 1.29 is 33.6 Å². The summed E-state index contributed by atoms with van der Waals surface area (Å²) in [5.74, 6) is 0.174. The van der Waals surface area contributed by atoms with Gasteiger partial charge in [0.15, 0.2) is 28.1 Å². The number of carbonyl (C=O) groups excluding carboxylic acids is 2. The number of aliphatic hydroxyl groups is 1. The monoisotopic (exact) mass is 536 g/mol. The summed E-state index contributed by atoms with van der Waals surface area (Å²) in [6.07, 6.45) is 3.45. The number of anilines is 1. The minimum atomic E-state index is -0.932. The summed E-state index contributed by atoms with van der Waals surface area (Å²) in [6.45, 7) is 5.69. The maximum Gasteiger partial charge on any atom is 0.301 e. The van der Waals surface area contributed by atoms with Gasteiger partial charge in [-0.2, -0.15) is 0 Å². The van der Waals surface area contributed by atoms with Gasteiger partial charge >= 0.3 is 5.91 Å². The first-order chi connectivity index (χ1) is 18.5. The number of ketones is 1. The number of benzene rings is 2. The molecule has 1 unspecified atom stereocenters. The molecule has 0 saturated carbocycles. The van der Waals surface area contributed by atoms with Crippen LogP contribution < -0.4 is 23.8 Å². The van der Waals surface area contributed by atoms with Crippen LogP contribution in [-0.4, -0.2) is 48.2 Å². The Balaban J connectivity index is 1.63. The Bertz CT molecular complexity index is 1370. The van der Waals surface area contributed by atoms with Crippen molar-refractivity contribution in [2.75, 3.05) is 31.3 Å². The summed E-state index contributed by atoms with van der Waals surface area (Å²) in [7, 11) is 0. The first-order valence-electron chi connectivity index (χ1n) is 12.5. The van der Waals surface area contributed by atoms with Crippen LogP contribution in [0.4, 0.5) is 5.13 Å². The van der Waals surface area contributed by atoms with Gasteiger partial charge in [0.1, 0.15) is 19.0 Å². The Morgan fingerprint density at radius 3 is 2.63 bits per heavy atom. The lowest BCUT2D eigenvalue weighted by atomic mass is 9.95. The van der Waals surface area contributed by atoms with Crippen LogP contribution in [-0.2, 0) is 9.59 Å². The number of Topliss-reactive ketones (excluding diaryl/α,β-unsaturated/α-hetero) is 1. The third-order valence-electron chi connectivity index (χ3n) is 6.22. The van der Waals surface area contributed by atoms with E-state index in [1.165, 1.54) is 16.2 Å². The van der Waals surface area contributed by atoms with Crippen molar-refractivity contribution in [1.82, 2.24) is 4.98 Å². The summed E-state index contributed by atoms with van der Waals surface area (Å²) in [6, 6.07) is 9.27. The lowest BCUT2D eigenvalue weighted by Crippen LogP contribution is -2.29. The molecular formula is C28H28N2O7S. The van der Waals surface area contributed by atoms with Crippen LogP contribution in [0.15, 0.2) is 53.5 Å². The van der Waals surface area contributed by atoms with E-state index < -0.39 is 17.7 Å². The molecule has 1 saturated heterocycles. The third-order valence-corrected chi connectivity index (χ3v) is 6.99. The van der Waals surface area contributed by atoms with Gasteiger partial charge in [0.05, 0.1) is 24.8 Å². The van der Waals surface area contributed by atoms with Crippen LogP contribution in [0.1, 0.15) is 43.9 Å². The summed E-state index contributed by atoms with van der Waals surface area (Å²) in [5.41, 5.74) is 0.856. The lowest BCUT2D eigenvalue weighted by Gasteiger charge is -2.24. The summed E-state index contributed by atoms with van der Waals surface area (Å²) in [5, 5.41) is 13.5. The second-order valence-electron chi connectivity index (χ2n) is 8.68. The second kappa shape index (κ2) is 11.1. The second-order valence-corrected chi connectivity index (χ2v) is 9.56. The number of ether oxygens (including phenoxy) is 4. The number of fused-ring (bicyclic) bond motifs is 1. The number of hydrogen-bond donors (Lipinski definition) is 1. The van der Waals surface area contributed by atoms with E-state index >= 15 is 0 Å². The van der Waals surface area contributed by atoms with Crippen LogP contribution in [0.5, 0.6) is 23.0 Å². The Morgan fingerprint density at radius 2 is 1.89 bits per heavy atom. The minimum Gasteiger partial charge on any atom is -0.507 e. The van der Waals surface area contributed by atoms with Gasteiger partial charge in [0, 0.05) is 17.1 Å². The van der Waals surface area contributed by atoms with E-state index in [1.54, 1.807) is 48.0 Å². The molecular weight excluding hydrogens is 508 g/mol. The molecule has 9 nitrogen and oxygen atoms in total. The summed E-state index contributed by atoms with van der Waals surface area (Å²) >= 11 is 1.23. The van der Waals surface area contributed by atoms with Crippen LogP contribution >= 0.6 is 11.3 Å². The van der Waals surface area contributed by atoms with Crippen molar-refractivity contribution in [2.45, 2.75) is 32.7 Å². The molecule has 38 heavy (non-hydrogen) atoms. The number of carbonyl (C=O) groups is 2. The first kappa shape index (κ1) is 25.6. The predicted octanol–water partition coefficient (Wildman–Crippen LogP) is 5.12. The van der Waals surface area contributed by atoms with Gasteiger partial charge < -0.3 is 24.1 Å². The molecule has 1 aromatic heterocycles. The Hall–Kier alpha value is -4.05. The molecule has 2 aliphatic rings. The van der Waals surface area contributed by atoms with Crippen LogP contribution in [0.3, 0.4) is 0 Å². The average Bonchev–Trinajstić information content (AvgIpc) is 3.55. The van der Waals surface area contributed by atoms with Gasteiger partial charge in [-0.25, -0.2) is 4.98 Å². The molecule has 0 spiro atoms. The van der Waals surface area contributed by atoms with Crippen molar-refractivity contribution in [3.05, 3.63) is 64.7 Å². The zero-order valence-corrected chi connectivity index (χ0v) is 22.0. The fraction of sp³-hybridized carbons (Fsp3) is 0.321. The number of nitrogens with zero attached hydrogens (tertiary/aromatic N) is 2. The third kappa shape index (κ3) is 4.79. The molecule has 198 valence electrons. The van der Waals surface area contributed by atoms with E-state index in [4.69, 9.17) is 18.9 Å². The van der Waals surface area contributed by atoms with Gasteiger partial charge in [-0.3, -0.25) is 14.5 Å². The zero-order chi connectivity index (χ0) is 26.6. The molecule has 0 radical (unpaired) electrons. The van der Waals surface area contributed by atoms with Gasteiger partial charge in [-0.05, 0) is 49.2 Å². The van der Waals surface area contributed by atoms with Gasteiger partial charge in [-0.1, -0.05) is 19.4 Å². The smallest absolute Gasteiger partial charge is 0.301 e. The van der Waals surface area contributed by atoms with E-state index in [0.29, 0.717) is 65.7 Å². The molecule has 0 bridgehead atoms. The highest BCUT2D eigenvalue weighted by atomic mass is 32.1. The topological polar surface area (TPSA) is 107 Å². The van der Waals surface area contributed by atoms with Crippen LogP contribution in [0.25, 0.3) is 5.76 Å². The molecule has 3 aromatic rings. The average molecular weight is 537 g/mol. The van der Waals surface area contributed by atoms with E-state index in [0.717, 1.165) is 12.8 Å². The fourth-order valence-electron chi connectivity index (χ4n) is 4.44. The van der Waals surface area contributed by atoms with Crippen molar-refractivity contribution in [3.8, 4) is 23.0 Å². The molecule has 5 rings (SSSR count). The van der Waals surface area contributed by atoms with Crippen LogP contribution in [0.2, 0.25) is 0 Å². The van der Waals surface area contributed by atoms with Gasteiger partial charge in [-0.15, -0.1) is 11.3 Å². The van der Waals surface area contributed by atoms with Crippen molar-refractivity contribution in [1.29, 1.82) is 0 Å². The number of rotatable bonds is 9. The molecule has 1 N–H and O–H groups in total. The largest absolute Gasteiger partial charge is 0.507 e. The normalized spacial score (nSPS) is 18.1. The standard InChI is InChI=1S/C28H28N2O7S/c1-3-5-11-35-19-8-6-17(15-21(19)34-4-2)24-23(26(32)27(33)30(24)28-29-10-14-38-28)25(31)18-7-9-20-22(16-18)37-13-12-36-20/h6-10,14-16,24,31H,3-5,11-13H2,1-2H3. The Kier molecular flexibility index (Phi) is 7.50. The molecule has 1 atom stereocenters. The van der Waals surface area contributed by atoms with E-state index in [-0.39, 0.29) is 11.3 Å². The molecule has 3 heterocycles. The fourth-order valence-corrected chi connectivity index (χ4v) is 5.10. The molecule has 1 amide bonds. The summed E-state index contributed by atoms with van der Waals surface area (Å²) in [4.78, 5) is 32.3. The molecule has 10 heteroatoms. The van der Waals surface area contributed by atoms with Crippen molar-refractivity contribution in [2.24, 2.45) is 0 Å². The number of aromatic nitrogens is 1. The molecule has 0 aliphatic carbocycles. The van der Waals surface area contributed by atoms with E-state index in [1.807, 2.05) is 6.92 Å². The lowest BCUT2D eigenvalue weighted by molar-refractivity contribution is -0.132. The van der Waals surface area contributed by atoms with E-state index in [2.05, 4.69) is 11.9 Å². The van der Waals surface area contributed by atoms with Gasteiger partial charge in [0.2, 0.25) is 0 Å². The van der Waals surface area contributed by atoms with Crippen molar-refractivity contribution in [3.63, 3.8) is 0 Å². The molecule has 2 aromatic carbocycles. The number of hydrogen-bond acceptors (Lipinski definition) is 9. The Labute approximate surface area is 224 Å². The maximum absolute atomic E-state index is 13.4. The number of unbranched alkanes of at least 4 members (excludes halogenated alkanes) is 1. The number of aliphatic hydroxyl groups excluding tert-OH is 1. The van der Waals surface area contributed by atoms with Gasteiger partial charge in [0.25, 0.3) is 5.78 Å². The van der Waals surface area contributed by atoms with Crippen LogP contribution in [0, 0.1) is 0 Å². The quantitative estimate of drug-likeness (QED) is 0.174. The maximum atomic E-state index is 13.4. The first-order valence-corrected chi connectivity index (χ1v) is 13.4. The zero-order valence-electron chi connectivity index (χ0n) is 21.1. The molecule has 2 aliphatic heterocycles. The SMILES string of the molecule is CCCCOc1ccc(C2C(=C(O)c3ccc4c(c3)OCCO4)C(=O)C(=O)N2c2nccs2)cc1OCC. The predicted molar refractivity (Wildman–Crippen MR) is 142 cm³/mol. The molecule has 1 fully saturated rings. The number of thiazole rings is 1. The number of amides is 1. The van der Waals surface area contributed by atoms with E-state index in [9.17, 15) is 14.7 Å². The highest BCUT2D eigenvalue weighted by Crippen LogP contribution is 2.45.